The van der Waals surface area contributed by atoms with Gasteiger partial charge in [-0.1, -0.05) is 19.9 Å². The van der Waals surface area contributed by atoms with Gasteiger partial charge in [0.15, 0.2) is 0 Å². The van der Waals surface area contributed by atoms with Crippen LogP contribution in [0.15, 0.2) is 47.5 Å². The molecule has 0 bridgehead atoms. The van der Waals surface area contributed by atoms with Gasteiger partial charge in [0.1, 0.15) is 12.4 Å². The second-order valence-corrected chi connectivity index (χ2v) is 9.07. The molecule has 1 aliphatic heterocycles. The molecule has 33 heavy (non-hydrogen) atoms. The van der Waals surface area contributed by atoms with Crippen molar-refractivity contribution >= 4 is 28.4 Å². The number of fused-ring (bicyclic) bond motifs is 1. The van der Waals surface area contributed by atoms with Gasteiger partial charge in [0.2, 0.25) is 5.91 Å². The Morgan fingerprint density at radius 1 is 1.12 bits per heavy atom. The van der Waals surface area contributed by atoms with Gasteiger partial charge in [-0.15, -0.1) is 0 Å². The molecule has 0 saturated carbocycles. The Balaban J connectivity index is 1.52. The number of halogens is 1. The molecule has 4 rings (SSSR count). The average molecular weight is 451 g/mol. The lowest BCUT2D eigenvalue weighted by atomic mass is 9.91. The topological polar surface area (TPSA) is 84.3 Å². The molecule has 3 aromatic rings. The number of piperidine rings is 1. The number of nitrogens with one attached hydrogen (secondary N) is 1. The number of likely N-dealkylation sites (tertiary alicyclic amines) is 1. The minimum Gasteiger partial charge on any atom is -0.338 e. The van der Waals surface area contributed by atoms with Crippen molar-refractivity contribution in [2.24, 2.45) is 11.8 Å². The Kier molecular flexibility index (Phi) is 6.26. The van der Waals surface area contributed by atoms with Crippen molar-refractivity contribution in [1.82, 2.24) is 14.5 Å². The molecule has 1 aromatic heterocycles. The largest absolute Gasteiger partial charge is 0.338 e. The molecule has 2 unspecified atom stereocenters. The Hall–Kier alpha value is -3.55. The van der Waals surface area contributed by atoms with Gasteiger partial charge in [0, 0.05) is 24.3 Å². The predicted molar refractivity (Wildman–Crippen MR) is 125 cm³/mol. The number of rotatable bonds is 4. The van der Waals surface area contributed by atoms with E-state index in [1.807, 2.05) is 11.8 Å². The Bertz CT molecular complexity index is 1280. The second-order valence-electron chi connectivity index (χ2n) is 9.07. The van der Waals surface area contributed by atoms with Gasteiger partial charge in [-0.25, -0.2) is 9.37 Å². The Labute approximate surface area is 191 Å². The highest BCUT2D eigenvalue weighted by molar-refractivity contribution is 5.98. The molecule has 0 radical (unpaired) electrons. The lowest BCUT2D eigenvalue weighted by Gasteiger charge is -2.35. The van der Waals surface area contributed by atoms with E-state index >= 15 is 0 Å². The van der Waals surface area contributed by atoms with E-state index in [-0.39, 0.29) is 17.8 Å². The molecule has 7 nitrogen and oxygen atoms in total. The van der Waals surface area contributed by atoms with Gasteiger partial charge in [0.05, 0.1) is 17.2 Å². The van der Waals surface area contributed by atoms with Crippen LogP contribution in [-0.4, -0.2) is 39.4 Å². The van der Waals surface area contributed by atoms with Crippen LogP contribution >= 0.6 is 0 Å². The molecule has 1 aliphatic rings. The summed E-state index contributed by atoms with van der Waals surface area (Å²) < 4.78 is 14.7. The zero-order chi connectivity index (χ0) is 23.7. The van der Waals surface area contributed by atoms with Gasteiger partial charge < -0.3 is 10.2 Å². The van der Waals surface area contributed by atoms with Crippen molar-refractivity contribution < 1.29 is 14.0 Å². The van der Waals surface area contributed by atoms with Gasteiger partial charge in [-0.3, -0.25) is 19.0 Å². The van der Waals surface area contributed by atoms with E-state index in [0.29, 0.717) is 28.6 Å². The van der Waals surface area contributed by atoms with Gasteiger partial charge in [-0.2, -0.15) is 0 Å². The third-order valence-corrected chi connectivity index (χ3v) is 6.01. The predicted octanol–water partition coefficient (Wildman–Crippen LogP) is 3.60. The maximum atomic E-state index is 13.5. The van der Waals surface area contributed by atoms with E-state index < -0.39 is 17.3 Å². The van der Waals surface area contributed by atoms with E-state index in [0.717, 1.165) is 35.7 Å². The number of anilines is 1. The minimum absolute atomic E-state index is 0.0547. The molecule has 1 fully saturated rings. The molecule has 2 aromatic carbocycles. The van der Waals surface area contributed by atoms with Crippen molar-refractivity contribution in [3.8, 4) is 0 Å². The lowest BCUT2D eigenvalue weighted by Crippen LogP contribution is -2.42. The highest BCUT2D eigenvalue weighted by atomic mass is 19.1. The number of nitrogens with zero attached hydrogens (tertiary/aromatic N) is 3. The quantitative estimate of drug-likeness (QED) is 0.658. The van der Waals surface area contributed by atoms with Crippen LogP contribution in [0.2, 0.25) is 0 Å². The van der Waals surface area contributed by atoms with Crippen molar-refractivity contribution in [3.63, 3.8) is 0 Å². The fraction of sp³-hybridized carbons (Fsp3) is 0.360. The molecule has 2 heterocycles. The summed E-state index contributed by atoms with van der Waals surface area (Å²) in [4.78, 5) is 44.4. The van der Waals surface area contributed by atoms with E-state index in [9.17, 15) is 18.8 Å². The summed E-state index contributed by atoms with van der Waals surface area (Å²) in [6, 6.07) is 9.01. The van der Waals surface area contributed by atoms with Gasteiger partial charge in [-0.05, 0) is 61.1 Å². The second kappa shape index (κ2) is 9.13. The van der Waals surface area contributed by atoms with Gasteiger partial charge >= 0.3 is 0 Å². The van der Waals surface area contributed by atoms with E-state index in [1.165, 1.54) is 18.5 Å². The molecule has 2 amide bonds. The van der Waals surface area contributed by atoms with Crippen molar-refractivity contribution in [2.75, 3.05) is 18.4 Å². The van der Waals surface area contributed by atoms with Crippen LogP contribution in [0, 0.1) is 24.6 Å². The molecule has 172 valence electrons. The summed E-state index contributed by atoms with van der Waals surface area (Å²) in [5.41, 5.74) is 1.69. The first-order chi connectivity index (χ1) is 15.7. The highest BCUT2D eigenvalue weighted by Crippen LogP contribution is 2.24. The SMILES string of the molecule is Cc1ccc(C(=O)N2CC(C)CC(C)C2)cc1NC(=O)Cn1cnc2ccc(F)cc2c1=O. The maximum Gasteiger partial charge on any atom is 0.261 e. The summed E-state index contributed by atoms with van der Waals surface area (Å²) in [5, 5.41) is 2.90. The average Bonchev–Trinajstić information content (AvgIpc) is 2.76. The zero-order valence-corrected chi connectivity index (χ0v) is 19.0. The van der Waals surface area contributed by atoms with Crippen LogP contribution in [-0.2, 0) is 11.3 Å². The van der Waals surface area contributed by atoms with E-state index in [1.54, 1.807) is 18.2 Å². The summed E-state index contributed by atoms with van der Waals surface area (Å²) >= 11 is 0. The van der Waals surface area contributed by atoms with Crippen molar-refractivity contribution in [1.29, 1.82) is 0 Å². The van der Waals surface area contributed by atoms with Crippen LogP contribution in [0.1, 0.15) is 36.2 Å². The first kappa shape index (κ1) is 22.6. The molecule has 0 aliphatic carbocycles. The standard InChI is InChI=1S/C25H27FN4O3/c1-15-8-16(2)12-29(11-15)24(32)18-5-4-17(3)22(9-18)28-23(31)13-30-14-27-21-7-6-19(26)10-20(21)25(30)33/h4-7,9-10,14-16H,8,11-13H2,1-3H3,(H,28,31). The van der Waals surface area contributed by atoms with Crippen molar-refractivity contribution in [2.45, 2.75) is 33.7 Å². The summed E-state index contributed by atoms with van der Waals surface area (Å²) in [5.74, 6) is -0.143. The number of carbonyl (C=O) groups excluding carboxylic acids is 2. The molecule has 2 atom stereocenters. The number of carbonyl (C=O) groups is 2. The van der Waals surface area contributed by atoms with Gasteiger partial charge in [0.25, 0.3) is 11.5 Å². The smallest absolute Gasteiger partial charge is 0.261 e. The lowest BCUT2D eigenvalue weighted by molar-refractivity contribution is -0.116. The third-order valence-electron chi connectivity index (χ3n) is 6.01. The molecule has 8 heteroatoms. The number of benzene rings is 2. The summed E-state index contributed by atoms with van der Waals surface area (Å²) in [6.07, 6.45) is 2.38. The fourth-order valence-electron chi connectivity index (χ4n) is 4.49. The van der Waals surface area contributed by atoms with E-state index in [2.05, 4.69) is 24.1 Å². The van der Waals surface area contributed by atoms with Crippen LogP contribution in [0.25, 0.3) is 10.9 Å². The fourth-order valence-corrected chi connectivity index (χ4v) is 4.49. The monoisotopic (exact) mass is 450 g/mol. The van der Waals surface area contributed by atoms with Crippen LogP contribution in [0.3, 0.4) is 0 Å². The van der Waals surface area contributed by atoms with Crippen LogP contribution in [0.5, 0.6) is 0 Å². The number of aromatic nitrogens is 2. The normalized spacial score (nSPS) is 18.4. The minimum atomic E-state index is -0.543. The van der Waals surface area contributed by atoms with E-state index in [4.69, 9.17) is 0 Å². The maximum absolute atomic E-state index is 13.5. The molecular formula is C25H27FN4O3. The number of hydrogen-bond donors (Lipinski definition) is 1. The molecular weight excluding hydrogens is 423 g/mol. The summed E-state index contributed by atoms with van der Waals surface area (Å²) in [6.45, 7) is 7.29. The number of aryl methyl sites for hydroxylation is 1. The third kappa shape index (κ3) is 4.94. The number of hydrogen-bond acceptors (Lipinski definition) is 4. The first-order valence-electron chi connectivity index (χ1n) is 11.1. The Morgan fingerprint density at radius 3 is 2.58 bits per heavy atom. The summed E-state index contributed by atoms with van der Waals surface area (Å²) in [7, 11) is 0. The first-order valence-corrected chi connectivity index (χ1v) is 11.1. The zero-order valence-electron chi connectivity index (χ0n) is 19.0. The highest BCUT2D eigenvalue weighted by Gasteiger charge is 2.26. The Morgan fingerprint density at radius 2 is 1.85 bits per heavy atom. The van der Waals surface area contributed by atoms with Crippen LogP contribution < -0.4 is 10.9 Å². The molecule has 1 N–H and O–H groups in total. The van der Waals surface area contributed by atoms with Crippen molar-refractivity contribution in [3.05, 3.63) is 70.0 Å². The number of amides is 2. The molecule has 1 saturated heterocycles. The van der Waals surface area contributed by atoms with Crippen LogP contribution in [0.4, 0.5) is 10.1 Å². The molecule has 0 spiro atoms.